The summed E-state index contributed by atoms with van der Waals surface area (Å²) in [4.78, 5) is 23.5. The minimum absolute atomic E-state index is 0.0199. The summed E-state index contributed by atoms with van der Waals surface area (Å²) in [6, 6.07) is 3.18. The summed E-state index contributed by atoms with van der Waals surface area (Å²) in [5.74, 6) is -0.614. The van der Waals surface area contributed by atoms with Crippen molar-refractivity contribution < 1.29 is 27.5 Å². The topological polar surface area (TPSA) is 55.4 Å². The fourth-order valence-electron chi connectivity index (χ4n) is 1.35. The van der Waals surface area contributed by atoms with Crippen LogP contribution in [0.1, 0.15) is 22.5 Å². The number of alkyl halides is 3. The molecule has 1 heterocycles. The summed E-state index contributed by atoms with van der Waals surface area (Å²) in [5.41, 5.74) is 0. The molecule has 0 aliphatic heterocycles. The van der Waals surface area contributed by atoms with Crippen molar-refractivity contribution in [1.82, 2.24) is 5.32 Å². The molecule has 0 aliphatic carbocycles. The zero-order valence-electron chi connectivity index (χ0n) is 10.8. The van der Waals surface area contributed by atoms with Crippen LogP contribution < -0.4 is 5.32 Å². The molecule has 1 amide bonds. The molecule has 1 aromatic rings. The fourth-order valence-corrected chi connectivity index (χ4v) is 2.36. The van der Waals surface area contributed by atoms with E-state index in [-0.39, 0.29) is 31.8 Å². The third kappa shape index (κ3) is 8.03. The lowest BCUT2D eigenvalue weighted by Gasteiger charge is -2.08. The molecular weight excluding hydrogens is 331 g/mol. The Hall–Kier alpha value is -1.12. The molecule has 0 saturated heterocycles. The van der Waals surface area contributed by atoms with Crippen LogP contribution in [0.5, 0.6) is 0 Å². The average Bonchev–Trinajstić information content (AvgIpc) is 2.81. The van der Waals surface area contributed by atoms with Crippen LogP contribution >= 0.6 is 22.9 Å². The summed E-state index contributed by atoms with van der Waals surface area (Å²) < 4.78 is 40.1. The maximum absolute atomic E-state index is 11.8. The zero-order chi connectivity index (χ0) is 15.9. The highest BCUT2D eigenvalue weighted by Gasteiger charge is 2.27. The number of ether oxygens (including phenoxy) is 1. The van der Waals surface area contributed by atoms with Gasteiger partial charge in [0, 0.05) is 19.4 Å². The van der Waals surface area contributed by atoms with Gasteiger partial charge in [-0.2, -0.15) is 13.2 Å². The summed E-state index contributed by atoms with van der Waals surface area (Å²) in [5, 5.41) is 2.37. The van der Waals surface area contributed by atoms with E-state index < -0.39 is 18.7 Å². The Morgan fingerprint density at radius 1 is 1.29 bits per heavy atom. The summed E-state index contributed by atoms with van der Waals surface area (Å²) in [6.45, 7) is -1.62. The normalized spacial score (nSPS) is 11.4. The van der Waals surface area contributed by atoms with Crippen molar-refractivity contribution in [3.05, 3.63) is 21.3 Å². The molecule has 1 aromatic heterocycles. The van der Waals surface area contributed by atoms with Gasteiger partial charge in [-0.15, -0.1) is 11.3 Å². The smallest absolute Gasteiger partial charge is 0.370 e. The number of carbonyl (C=O) groups excluding carboxylic acids is 2. The van der Waals surface area contributed by atoms with Gasteiger partial charge < -0.3 is 10.1 Å². The number of rotatable bonds is 8. The molecule has 0 saturated carbocycles. The number of halogens is 4. The first-order valence-electron chi connectivity index (χ1n) is 5.97. The Balaban J connectivity index is 2.13. The summed E-state index contributed by atoms with van der Waals surface area (Å²) >= 11 is 6.82. The highest BCUT2D eigenvalue weighted by Crippen LogP contribution is 2.22. The molecule has 21 heavy (non-hydrogen) atoms. The van der Waals surface area contributed by atoms with Crippen molar-refractivity contribution in [2.45, 2.75) is 19.0 Å². The molecule has 0 aromatic carbocycles. The van der Waals surface area contributed by atoms with Crippen molar-refractivity contribution in [2.24, 2.45) is 0 Å². The van der Waals surface area contributed by atoms with Gasteiger partial charge in [0.2, 0.25) is 5.91 Å². The third-order valence-corrected chi connectivity index (χ3v) is 3.53. The number of ketones is 1. The van der Waals surface area contributed by atoms with Crippen molar-refractivity contribution in [3.8, 4) is 0 Å². The lowest BCUT2D eigenvalue weighted by molar-refractivity contribution is -0.173. The quantitative estimate of drug-likeness (QED) is 0.583. The van der Waals surface area contributed by atoms with E-state index in [4.69, 9.17) is 11.6 Å². The second kappa shape index (κ2) is 8.35. The van der Waals surface area contributed by atoms with E-state index in [0.29, 0.717) is 9.21 Å². The minimum atomic E-state index is -4.38. The monoisotopic (exact) mass is 343 g/mol. The summed E-state index contributed by atoms with van der Waals surface area (Å²) in [6.07, 6.45) is -4.39. The highest BCUT2D eigenvalue weighted by molar-refractivity contribution is 7.18. The predicted octanol–water partition coefficient (Wildman–Crippen LogP) is 3.06. The number of thiophene rings is 1. The molecule has 9 heteroatoms. The second-order valence-corrected chi connectivity index (χ2v) is 5.76. The van der Waals surface area contributed by atoms with Crippen LogP contribution in [0, 0.1) is 0 Å². The van der Waals surface area contributed by atoms with Gasteiger partial charge in [0.25, 0.3) is 0 Å². The standard InChI is InChI=1S/C12H13ClF3NO3S/c13-10-3-2-9(21-10)8(18)1-4-11(19)17-5-6-20-7-12(14,15)16/h2-3H,1,4-7H2,(H,17,19). The molecule has 4 nitrogen and oxygen atoms in total. The first kappa shape index (κ1) is 17.9. The molecule has 0 bridgehead atoms. The number of carbonyl (C=O) groups is 2. The van der Waals surface area contributed by atoms with Gasteiger partial charge in [-0.3, -0.25) is 9.59 Å². The number of nitrogens with one attached hydrogen (secondary N) is 1. The Bertz CT molecular complexity index is 490. The third-order valence-electron chi connectivity index (χ3n) is 2.26. The zero-order valence-corrected chi connectivity index (χ0v) is 12.4. The minimum Gasteiger partial charge on any atom is -0.370 e. The number of amides is 1. The first-order valence-corrected chi connectivity index (χ1v) is 7.17. The van der Waals surface area contributed by atoms with Gasteiger partial charge in [-0.25, -0.2) is 0 Å². The largest absolute Gasteiger partial charge is 0.411 e. The molecule has 1 N–H and O–H groups in total. The Labute approximate surface area is 128 Å². The van der Waals surface area contributed by atoms with E-state index in [9.17, 15) is 22.8 Å². The van der Waals surface area contributed by atoms with Crippen LogP contribution in [-0.2, 0) is 9.53 Å². The Kier molecular flexibility index (Phi) is 7.13. The molecule has 0 unspecified atom stereocenters. The number of hydrogen-bond acceptors (Lipinski definition) is 4. The van der Waals surface area contributed by atoms with Gasteiger partial charge in [0.15, 0.2) is 5.78 Å². The maximum Gasteiger partial charge on any atom is 0.411 e. The first-order chi connectivity index (χ1) is 9.78. The second-order valence-electron chi connectivity index (χ2n) is 4.04. The Morgan fingerprint density at radius 3 is 2.57 bits per heavy atom. The van der Waals surface area contributed by atoms with E-state index in [1.807, 2.05) is 0 Å². The number of Topliss-reactive ketones (excluding diaryl/α,β-unsaturated/α-hetero) is 1. The van der Waals surface area contributed by atoms with Crippen molar-refractivity contribution in [3.63, 3.8) is 0 Å². The molecule has 0 radical (unpaired) electrons. The molecule has 0 atom stereocenters. The van der Waals surface area contributed by atoms with Crippen LogP contribution in [0.3, 0.4) is 0 Å². The molecule has 0 spiro atoms. The maximum atomic E-state index is 11.8. The number of hydrogen-bond donors (Lipinski definition) is 1. The van der Waals surface area contributed by atoms with Gasteiger partial charge in [0.05, 0.1) is 15.8 Å². The predicted molar refractivity (Wildman–Crippen MR) is 72.8 cm³/mol. The molecule has 1 rings (SSSR count). The van der Waals surface area contributed by atoms with Crippen molar-refractivity contribution in [1.29, 1.82) is 0 Å². The van der Waals surface area contributed by atoms with E-state index in [0.717, 1.165) is 11.3 Å². The van der Waals surface area contributed by atoms with Crippen LogP contribution in [0.25, 0.3) is 0 Å². The fraction of sp³-hybridized carbons (Fsp3) is 0.500. The van der Waals surface area contributed by atoms with Gasteiger partial charge >= 0.3 is 6.18 Å². The van der Waals surface area contributed by atoms with Gasteiger partial charge in [-0.1, -0.05) is 11.6 Å². The van der Waals surface area contributed by atoms with Gasteiger partial charge in [-0.05, 0) is 12.1 Å². The summed E-state index contributed by atoms with van der Waals surface area (Å²) in [7, 11) is 0. The molecule has 0 fully saturated rings. The molecular formula is C12H13ClF3NO3S. The van der Waals surface area contributed by atoms with E-state index in [1.54, 1.807) is 12.1 Å². The SMILES string of the molecule is O=C(CCC(=O)c1ccc(Cl)s1)NCCOCC(F)(F)F. The average molecular weight is 344 g/mol. The molecule has 118 valence electrons. The lowest BCUT2D eigenvalue weighted by Crippen LogP contribution is -2.29. The Morgan fingerprint density at radius 2 is 2.00 bits per heavy atom. The van der Waals surface area contributed by atoms with E-state index in [2.05, 4.69) is 10.1 Å². The van der Waals surface area contributed by atoms with Gasteiger partial charge in [0.1, 0.15) is 6.61 Å². The van der Waals surface area contributed by atoms with E-state index in [1.165, 1.54) is 0 Å². The lowest BCUT2D eigenvalue weighted by atomic mass is 10.2. The van der Waals surface area contributed by atoms with Crippen molar-refractivity contribution in [2.75, 3.05) is 19.8 Å². The van der Waals surface area contributed by atoms with E-state index >= 15 is 0 Å². The molecule has 0 aliphatic rings. The highest BCUT2D eigenvalue weighted by atomic mass is 35.5. The van der Waals surface area contributed by atoms with Crippen LogP contribution in [0.2, 0.25) is 4.34 Å². The van der Waals surface area contributed by atoms with Crippen molar-refractivity contribution >= 4 is 34.6 Å². The van der Waals surface area contributed by atoms with Crippen LogP contribution in [0.4, 0.5) is 13.2 Å². The van der Waals surface area contributed by atoms with Crippen LogP contribution in [0.15, 0.2) is 12.1 Å². The van der Waals surface area contributed by atoms with Crippen LogP contribution in [-0.4, -0.2) is 37.6 Å².